The number of aliphatic hydroxyl groups excluding tert-OH is 2. The van der Waals surface area contributed by atoms with Crippen LogP contribution in [0.2, 0.25) is 0 Å². The average Bonchev–Trinajstić information content (AvgIpc) is 3.49. The van der Waals surface area contributed by atoms with Crippen LogP contribution in [0.4, 0.5) is 13.2 Å². The molecule has 1 spiro atoms. The maximum Gasteiger partial charge on any atom is 0.573 e. The van der Waals surface area contributed by atoms with Crippen molar-refractivity contribution in [2.75, 3.05) is 14.1 Å². The second-order valence-electron chi connectivity index (χ2n) is 10.8. The first-order valence-electron chi connectivity index (χ1n) is 12.5. The van der Waals surface area contributed by atoms with Gasteiger partial charge in [-0.15, -0.1) is 13.2 Å². The van der Waals surface area contributed by atoms with Crippen LogP contribution in [0.25, 0.3) is 0 Å². The molecule has 1 unspecified atom stereocenters. The topological polar surface area (TPSA) is 179 Å². The molecule has 1 aliphatic heterocycles. The molecule has 6 N–H and O–H groups in total. The standard InChI is InChI=1S/C27H24F3N3O8/c1-33(2)20-14-7-12-16(10-3-5-11(6-4-10)40-27(28,29)30)13-8-32-9-15(34)17(13)21(35)18(12)23(37)25(14)26(39,41-25)19(22(20)36)24(31)38/h3-6,8-9,12,14,16,20,34,36-37,39H,7H2,1-2H3,(H2,31,38)/t12-,14+,16-,20+,25+,26?/m1/s1. The van der Waals surface area contributed by atoms with Crippen LogP contribution in [0, 0.1) is 11.8 Å². The van der Waals surface area contributed by atoms with Crippen molar-refractivity contribution in [3.05, 3.63) is 76.0 Å². The van der Waals surface area contributed by atoms with Crippen molar-refractivity contribution in [2.45, 2.75) is 36.1 Å². The summed E-state index contributed by atoms with van der Waals surface area (Å²) in [6.07, 6.45) is -2.53. The maximum atomic E-state index is 13.9. The number of likely N-dealkylation sites (N-methyl/N-ethyl adjacent to an activating group) is 1. The van der Waals surface area contributed by atoms with Crippen LogP contribution in [0.3, 0.4) is 0 Å². The molecule has 2 heterocycles. The van der Waals surface area contributed by atoms with Gasteiger partial charge in [-0.2, -0.15) is 0 Å². The van der Waals surface area contributed by atoms with Gasteiger partial charge in [0.25, 0.3) is 5.91 Å². The molecule has 6 rings (SSSR count). The monoisotopic (exact) mass is 575 g/mol. The van der Waals surface area contributed by atoms with Gasteiger partial charge in [-0.1, -0.05) is 12.1 Å². The Labute approximate surface area is 229 Å². The van der Waals surface area contributed by atoms with E-state index >= 15 is 0 Å². The van der Waals surface area contributed by atoms with Gasteiger partial charge in [0, 0.05) is 29.5 Å². The van der Waals surface area contributed by atoms with Gasteiger partial charge in [0.1, 0.15) is 28.6 Å². The third-order valence-corrected chi connectivity index (χ3v) is 8.47. The number of halogens is 3. The molecule has 1 saturated heterocycles. The first-order valence-corrected chi connectivity index (χ1v) is 12.5. The lowest BCUT2D eigenvalue weighted by molar-refractivity contribution is -0.274. The highest BCUT2D eigenvalue weighted by atomic mass is 19.4. The molecule has 3 aliphatic carbocycles. The minimum Gasteiger partial charge on any atom is -0.510 e. The number of rotatable bonds is 4. The zero-order chi connectivity index (χ0) is 29.8. The van der Waals surface area contributed by atoms with Crippen molar-refractivity contribution < 1.29 is 52.7 Å². The SMILES string of the molecule is CN(C)[C@@H]1C(O)=C(C(N)=O)C2(O)O[C@@]23C(O)=C2C(=O)c4c(O)cncc4[C@H](c4ccc(OC(F)(F)F)cc4)[C@H]2C[C@@H]13. The fourth-order valence-electron chi connectivity index (χ4n) is 7.02. The van der Waals surface area contributed by atoms with Gasteiger partial charge in [0.15, 0.2) is 11.4 Å². The number of ketones is 1. The molecule has 11 nitrogen and oxygen atoms in total. The summed E-state index contributed by atoms with van der Waals surface area (Å²) in [6.45, 7) is 0. The van der Waals surface area contributed by atoms with E-state index in [1.165, 1.54) is 18.3 Å². The molecule has 1 fully saturated rings. The fraction of sp³-hybridized carbons (Fsp3) is 0.370. The summed E-state index contributed by atoms with van der Waals surface area (Å²) in [5.74, 6) is -9.31. The zero-order valence-electron chi connectivity index (χ0n) is 21.5. The summed E-state index contributed by atoms with van der Waals surface area (Å²) < 4.78 is 47.9. The quantitative estimate of drug-likeness (QED) is 0.339. The number of Topliss-reactive ketones (excluding diaryl/α,β-unsaturated/α-hetero) is 1. The van der Waals surface area contributed by atoms with E-state index in [1.807, 2.05) is 0 Å². The Morgan fingerprint density at radius 3 is 2.41 bits per heavy atom. The molecule has 0 bridgehead atoms. The van der Waals surface area contributed by atoms with Crippen molar-refractivity contribution >= 4 is 11.7 Å². The number of aromatic nitrogens is 1. The number of primary amides is 1. The lowest BCUT2D eigenvalue weighted by Gasteiger charge is -2.47. The van der Waals surface area contributed by atoms with Crippen LogP contribution >= 0.6 is 0 Å². The molecule has 2 aromatic rings. The number of hydrogen-bond donors (Lipinski definition) is 5. The molecule has 1 aromatic heterocycles. The van der Waals surface area contributed by atoms with Crippen LogP contribution in [-0.4, -0.2) is 79.9 Å². The average molecular weight is 575 g/mol. The van der Waals surface area contributed by atoms with E-state index in [1.54, 1.807) is 19.0 Å². The maximum absolute atomic E-state index is 13.9. The summed E-state index contributed by atoms with van der Waals surface area (Å²) >= 11 is 0. The smallest absolute Gasteiger partial charge is 0.510 e. The second-order valence-corrected chi connectivity index (χ2v) is 10.8. The molecule has 216 valence electrons. The highest BCUT2D eigenvalue weighted by molar-refractivity contribution is 6.14. The number of aliphatic hydroxyl groups is 3. The Hall–Kier alpha value is -4.14. The van der Waals surface area contributed by atoms with E-state index in [0.717, 1.165) is 18.3 Å². The number of alkyl halides is 3. The van der Waals surface area contributed by atoms with E-state index in [2.05, 4.69) is 9.72 Å². The number of carbonyl (C=O) groups is 2. The molecule has 41 heavy (non-hydrogen) atoms. The molecular weight excluding hydrogens is 551 g/mol. The van der Waals surface area contributed by atoms with Gasteiger partial charge in [0.2, 0.25) is 5.79 Å². The van der Waals surface area contributed by atoms with Crippen LogP contribution in [0.1, 0.15) is 33.8 Å². The van der Waals surface area contributed by atoms with Crippen molar-refractivity contribution in [1.82, 2.24) is 9.88 Å². The van der Waals surface area contributed by atoms with E-state index in [4.69, 9.17) is 10.5 Å². The van der Waals surface area contributed by atoms with Gasteiger partial charge >= 0.3 is 6.36 Å². The van der Waals surface area contributed by atoms with E-state index in [-0.39, 0.29) is 23.1 Å². The number of hydrogen-bond acceptors (Lipinski definition) is 10. The molecule has 1 amide bonds. The lowest BCUT2D eigenvalue weighted by Crippen LogP contribution is -2.58. The van der Waals surface area contributed by atoms with Crippen LogP contribution in [-0.2, 0) is 9.53 Å². The number of nitrogens with zero attached hydrogens (tertiary/aromatic N) is 2. The molecule has 0 radical (unpaired) electrons. The fourth-order valence-corrected chi connectivity index (χ4v) is 7.02. The number of nitrogens with two attached hydrogens (primary N) is 1. The summed E-state index contributed by atoms with van der Waals surface area (Å²) in [4.78, 5) is 31.7. The van der Waals surface area contributed by atoms with Crippen molar-refractivity contribution in [1.29, 1.82) is 0 Å². The lowest BCUT2D eigenvalue weighted by atomic mass is 9.57. The number of carbonyl (C=O) groups excluding carboxylic acids is 2. The third-order valence-electron chi connectivity index (χ3n) is 8.47. The van der Waals surface area contributed by atoms with Crippen molar-refractivity contribution in [3.63, 3.8) is 0 Å². The summed E-state index contributed by atoms with van der Waals surface area (Å²) in [6, 6.07) is 3.94. The van der Waals surface area contributed by atoms with Crippen molar-refractivity contribution in [2.24, 2.45) is 17.6 Å². The van der Waals surface area contributed by atoms with Gasteiger partial charge in [-0.05, 0) is 43.8 Å². The highest BCUT2D eigenvalue weighted by Gasteiger charge is 2.84. The van der Waals surface area contributed by atoms with E-state index in [9.17, 15) is 43.2 Å². The van der Waals surface area contributed by atoms with Gasteiger partial charge < -0.3 is 35.6 Å². The van der Waals surface area contributed by atoms with Crippen molar-refractivity contribution in [3.8, 4) is 11.5 Å². The molecule has 6 atom stereocenters. The normalized spacial score (nSPS) is 32.2. The van der Waals surface area contributed by atoms with Crippen LogP contribution < -0.4 is 10.5 Å². The zero-order valence-corrected chi connectivity index (χ0v) is 21.5. The second kappa shape index (κ2) is 8.44. The number of pyridine rings is 1. The molecular formula is C27H24F3N3O8. The number of ether oxygens (including phenoxy) is 2. The number of benzene rings is 1. The minimum atomic E-state index is -4.91. The summed E-state index contributed by atoms with van der Waals surface area (Å²) in [5.41, 5.74) is 3.10. The Bertz CT molecular complexity index is 1570. The summed E-state index contributed by atoms with van der Waals surface area (Å²) in [5, 5.41) is 44.9. The highest BCUT2D eigenvalue weighted by Crippen LogP contribution is 2.69. The summed E-state index contributed by atoms with van der Waals surface area (Å²) in [7, 11) is 3.19. The van der Waals surface area contributed by atoms with E-state index < -0.39 is 81.8 Å². The van der Waals surface area contributed by atoms with E-state index in [0.29, 0.717) is 5.56 Å². The van der Waals surface area contributed by atoms with Gasteiger partial charge in [0.05, 0.1) is 17.8 Å². The predicted octanol–water partition coefficient (Wildman–Crippen LogP) is 2.16. The third kappa shape index (κ3) is 3.53. The molecule has 14 heteroatoms. The van der Waals surface area contributed by atoms with Crippen LogP contribution in [0.5, 0.6) is 11.5 Å². The van der Waals surface area contributed by atoms with Gasteiger partial charge in [-0.25, -0.2) is 0 Å². The minimum absolute atomic E-state index is 0.00699. The number of allylic oxidation sites excluding steroid dienone is 1. The Morgan fingerprint density at radius 2 is 1.83 bits per heavy atom. The molecule has 0 saturated carbocycles. The Kier molecular flexibility index (Phi) is 5.57. The molecule has 4 aliphatic rings. The predicted molar refractivity (Wildman–Crippen MR) is 132 cm³/mol. The number of amides is 1. The van der Waals surface area contributed by atoms with Crippen LogP contribution in [0.15, 0.2) is 59.3 Å². The molecule has 1 aromatic carbocycles. The Morgan fingerprint density at radius 1 is 1.17 bits per heavy atom. The largest absolute Gasteiger partial charge is 0.573 e. The number of aromatic hydroxyl groups is 1. The Balaban J connectivity index is 1.56. The number of epoxide rings is 1. The first-order chi connectivity index (χ1) is 19.1. The number of fused-ring (bicyclic) bond motifs is 2. The first kappa shape index (κ1) is 27.1. The van der Waals surface area contributed by atoms with Gasteiger partial charge in [-0.3, -0.25) is 19.5 Å².